The normalized spacial score (nSPS) is 30.2. The average Bonchev–Trinajstić information content (AvgIpc) is 3.08. The molecule has 7 rings (SSSR count). The van der Waals surface area contributed by atoms with Crippen LogP contribution in [-0.4, -0.2) is 22.7 Å². The SMILES string of the molecule is O=C(Nc1c[nH]c2ccc(OC3CC(c4ccc(C(F)(F)F)cc4)C3)cc12)C12CC(F)(C1)C2. The van der Waals surface area contributed by atoms with Gasteiger partial charge in [-0.1, -0.05) is 12.1 Å². The number of aromatic nitrogens is 1. The number of ether oxygens (including phenoxy) is 1. The number of rotatable bonds is 5. The minimum absolute atomic E-state index is 0.0201. The Morgan fingerprint density at radius 3 is 2.39 bits per heavy atom. The number of hydrogen-bond acceptors (Lipinski definition) is 2. The Morgan fingerprint density at radius 1 is 1.06 bits per heavy atom. The van der Waals surface area contributed by atoms with Crippen molar-refractivity contribution in [2.24, 2.45) is 5.41 Å². The molecule has 4 aliphatic carbocycles. The van der Waals surface area contributed by atoms with Crippen molar-refractivity contribution >= 4 is 22.5 Å². The van der Waals surface area contributed by atoms with Crippen LogP contribution in [0.5, 0.6) is 5.75 Å². The van der Waals surface area contributed by atoms with E-state index in [1.807, 2.05) is 18.2 Å². The second-order valence-corrected chi connectivity index (χ2v) is 9.85. The van der Waals surface area contributed by atoms with E-state index in [1.54, 1.807) is 18.3 Å². The highest BCUT2D eigenvalue weighted by Gasteiger charge is 2.72. The lowest BCUT2D eigenvalue weighted by Gasteiger charge is -2.64. The zero-order valence-electron chi connectivity index (χ0n) is 17.6. The van der Waals surface area contributed by atoms with Crippen LogP contribution in [0.25, 0.3) is 10.9 Å². The number of nitrogens with one attached hydrogen (secondary N) is 2. The van der Waals surface area contributed by atoms with E-state index in [1.165, 1.54) is 0 Å². The van der Waals surface area contributed by atoms with E-state index in [-0.39, 0.29) is 17.9 Å². The topological polar surface area (TPSA) is 54.1 Å². The lowest BCUT2D eigenvalue weighted by Crippen LogP contribution is -2.68. The number of fused-ring (bicyclic) bond motifs is 1. The number of carbonyl (C=O) groups excluding carboxylic acids is 1. The Bertz CT molecular complexity index is 1220. The van der Waals surface area contributed by atoms with Crippen molar-refractivity contribution < 1.29 is 27.1 Å². The third-order valence-electron chi connectivity index (χ3n) is 7.46. The molecule has 4 fully saturated rings. The van der Waals surface area contributed by atoms with Crippen LogP contribution in [0.15, 0.2) is 48.7 Å². The van der Waals surface area contributed by atoms with E-state index in [2.05, 4.69) is 10.3 Å². The highest BCUT2D eigenvalue weighted by molar-refractivity contribution is 6.05. The number of carbonyl (C=O) groups is 1. The molecule has 0 spiro atoms. The molecule has 3 aromatic rings. The molecule has 4 nitrogen and oxygen atoms in total. The van der Waals surface area contributed by atoms with Gasteiger partial charge in [0.15, 0.2) is 0 Å². The van der Waals surface area contributed by atoms with E-state index < -0.39 is 22.8 Å². The molecule has 8 heteroatoms. The highest BCUT2D eigenvalue weighted by Crippen LogP contribution is 2.69. The summed E-state index contributed by atoms with van der Waals surface area (Å²) in [6.45, 7) is 0. The smallest absolute Gasteiger partial charge is 0.416 e. The molecular weight excluding hydrogens is 436 g/mol. The van der Waals surface area contributed by atoms with Gasteiger partial charge in [-0.2, -0.15) is 13.2 Å². The van der Waals surface area contributed by atoms with Crippen molar-refractivity contribution in [2.45, 2.75) is 56.0 Å². The number of benzene rings is 2. The third kappa shape index (κ3) is 3.38. The van der Waals surface area contributed by atoms with Crippen molar-refractivity contribution in [1.29, 1.82) is 0 Å². The molecule has 1 aromatic heterocycles. The van der Waals surface area contributed by atoms with Gasteiger partial charge in [-0.25, -0.2) is 4.39 Å². The maximum atomic E-state index is 13.8. The Kier molecular flexibility index (Phi) is 4.20. The number of halogens is 4. The number of aromatic amines is 1. The molecule has 2 N–H and O–H groups in total. The predicted molar refractivity (Wildman–Crippen MR) is 115 cm³/mol. The van der Waals surface area contributed by atoms with Gasteiger partial charge in [0.05, 0.1) is 22.8 Å². The molecule has 0 unspecified atom stereocenters. The molecular formula is C25H22F4N2O2. The second-order valence-electron chi connectivity index (χ2n) is 9.85. The highest BCUT2D eigenvalue weighted by atomic mass is 19.4. The molecule has 33 heavy (non-hydrogen) atoms. The van der Waals surface area contributed by atoms with Crippen LogP contribution >= 0.6 is 0 Å². The lowest BCUT2D eigenvalue weighted by atomic mass is 9.42. The van der Waals surface area contributed by atoms with E-state index in [4.69, 9.17) is 4.74 Å². The fourth-order valence-corrected chi connectivity index (χ4v) is 5.51. The first-order valence-electron chi connectivity index (χ1n) is 11.1. The fourth-order valence-electron chi connectivity index (χ4n) is 5.51. The molecule has 1 heterocycles. The summed E-state index contributed by atoms with van der Waals surface area (Å²) in [6, 6.07) is 10.9. The standard InChI is InChI=1S/C25H22F4N2O2/c26-24-11-23(12-24,13-24)22(32)31-21-10-30-20-6-5-17(9-19(20)21)33-18-7-15(8-18)14-1-3-16(4-2-14)25(27,28)29/h1-6,9-10,15,18,30H,7-8,11-13H2,(H,31,32). The number of hydrogen-bond donors (Lipinski definition) is 2. The molecule has 172 valence electrons. The van der Waals surface area contributed by atoms with Gasteiger partial charge in [-0.15, -0.1) is 0 Å². The molecule has 1 amide bonds. The number of anilines is 1. The number of H-pyrrole nitrogens is 1. The fraction of sp³-hybridized carbons (Fsp3) is 0.400. The van der Waals surface area contributed by atoms with Gasteiger partial charge in [0, 0.05) is 17.1 Å². The van der Waals surface area contributed by atoms with Crippen molar-refractivity contribution in [3.63, 3.8) is 0 Å². The Balaban J connectivity index is 1.09. The van der Waals surface area contributed by atoms with Crippen LogP contribution in [0.3, 0.4) is 0 Å². The first-order chi connectivity index (χ1) is 15.6. The summed E-state index contributed by atoms with van der Waals surface area (Å²) >= 11 is 0. The van der Waals surface area contributed by atoms with Gasteiger partial charge in [0.1, 0.15) is 11.4 Å². The quantitative estimate of drug-likeness (QED) is 0.438. The summed E-state index contributed by atoms with van der Waals surface area (Å²) in [5, 5.41) is 3.76. The first-order valence-corrected chi connectivity index (χ1v) is 11.1. The van der Waals surface area contributed by atoms with Crippen LogP contribution in [0.4, 0.5) is 23.2 Å². The minimum Gasteiger partial charge on any atom is -0.490 e. The van der Waals surface area contributed by atoms with Crippen molar-refractivity contribution in [3.8, 4) is 5.75 Å². The number of alkyl halides is 4. The average molecular weight is 458 g/mol. The monoisotopic (exact) mass is 458 g/mol. The summed E-state index contributed by atoms with van der Waals surface area (Å²) < 4.78 is 58.1. The van der Waals surface area contributed by atoms with E-state index in [0.717, 1.165) is 41.4 Å². The predicted octanol–water partition coefficient (Wildman–Crippen LogP) is 6.34. The third-order valence-corrected chi connectivity index (χ3v) is 7.46. The largest absolute Gasteiger partial charge is 0.490 e. The molecule has 2 aromatic carbocycles. The lowest BCUT2D eigenvalue weighted by molar-refractivity contribution is -0.209. The molecule has 2 bridgehead atoms. The zero-order valence-corrected chi connectivity index (χ0v) is 17.6. The van der Waals surface area contributed by atoms with Crippen LogP contribution in [0.2, 0.25) is 0 Å². The van der Waals surface area contributed by atoms with E-state index in [0.29, 0.717) is 30.7 Å². The Labute approximate surface area is 187 Å². The first kappa shape index (κ1) is 20.6. The van der Waals surface area contributed by atoms with Crippen molar-refractivity contribution in [1.82, 2.24) is 4.98 Å². The van der Waals surface area contributed by atoms with Gasteiger partial charge >= 0.3 is 6.18 Å². The van der Waals surface area contributed by atoms with Crippen molar-refractivity contribution in [2.75, 3.05) is 5.32 Å². The van der Waals surface area contributed by atoms with Gasteiger partial charge in [-0.3, -0.25) is 4.79 Å². The summed E-state index contributed by atoms with van der Waals surface area (Å²) in [6.07, 6.45) is -0.229. The minimum atomic E-state index is -4.33. The van der Waals surface area contributed by atoms with Gasteiger partial charge in [0.25, 0.3) is 0 Å². The molecule has 0 atom stereocenters. The molecule has 0 aliphatic heterocycles. The number of amides is 1. The molecule has 0 saturated heterocycles. The van der Waals surface area contributed by atoms with Gasteiger partial charge in [-0.05, 0) is 73.9 Å². The second kappa shape index (κ2) is 6.74. The van der Waals surface area contributed by atoms with Gasteiger partial charge in [0.2, 0.25) is 5.91 Å². The van der Waals surface area contributed by atoms with Crippen LogP contribution in [0.1, 0.15) is 49.1 Å². The van der Waals surface area contributed by atoms with Crippen LogP contribution in [-0.2, 0) is 11.0 Å². The maximum Gasteiger partial charge on any atom is 0.416 e. The van der Waals surface area contributed by atoms with Crippen LogP contribution in [0, 0.1) is 5.41 Å². The Hall–Kier alpha value is -3.03. The van der Waals surface area contributed by atoms with Gasteiger partial charge < -0.3 is 15.0 Å². The summed E-state index contributed by atoms with van der Waals surface area (Å²) in [4.78, 5) is 15.7. The summed E-state index contributed by atoms with van der Waals surface area (Å²) in [5.74, 6) is 0.712. The Morgan fingerprint density at radius 2 is 1.76 bits per heavy atom. The zero-order chi connectivity index (χ0) is 23.0. The van der Waals surface area contributed by atoms with E-state index >= 15 is 0 Å². The van der Waals surface area contributed by atoms with Crippen molar-refractivity contribution in [3.05, 3.63) is 59.8 Å². The molecule has 4 aliphatic rings. The molecule has 0 radical (unpaired) electrons. The maximum absolute atomic E-state index is 13.8. The molecule has 4 saturated carbocycles. The van der Waals surface area contributed by atoms with E-state index in [9.17, 15) is 22.4 Å². The van der Waals surface area contributed by atoms with Crippen LogP contribution < -0.4 is 10.1 Å². The summed E-state index contributed by atoms with van der Waals surface area (Å²) in [7, 11) is 0. The summed E-state index contributed by atoms with van der Waals surface area (Å²) in [5.41, 5.74) is 0.0744.